The fourth-order valence-corrected chi connectivity index (χ4v) is 3.33. The van der Waals surface area contributed by atoms with Crippen molar-refractivity contribution in [2.24, 2.45) is 0 Å². The van der Waals surface area contributed by atoms with Crippen LogP contribution in [0.1, 0.15) is 40.9 Å². The molecule has 0 aliphatic carbocycles. The van der Waals surface area contributed by atoms with Gasteiger partial charge in [0.25, 0.3) is 0 Å². The van der Waals surface area contributed by atoms with E-state index in [1.165, 1.54) is 6.92 Å². The Bertz CT molecular complexity index is 537. The molecule has 0 amide bonds. The molecule has 0 aromatic carbocycles. The summed E-state index contributed by atoms with van der Waals surface area (Å²) in [6.45, 7) is 5.89. The highest BCUT2D eigenvalue weighted by atomic mass is 32.1. The Labute approximate surface area is 126 Å². The van der Waals surface area contributed by atoms with E-state index in [1.54, 1.807) is 0 Å². The van der Waals surface area contributed by atoms with Crippen molar-refractivity contribution in [1.82, 2.24) is 4.98 Å². The van der Waals surface area contributed by atoms with Crippen molar-refractivity contribution in [2.75, 3.05) is 24.6 Å². The molecule has 2 N–H and O–H groups in total. The molecule has 2 heterocycles. The van der Waals surface area contributed by atoms with Gasteiger partial charge in [0.15, 0.2) is 16.6 Å². The monoisotopic (exact) mass is 314 g/mol. The molecular formula is C13H18N2O5S. The van der Waals surface area contributed by atoms with Gasteiger partial charge >= 0.3 is 5.97 Å². The summed E-state index contributed by atoms with van der Waals surface area (Å²) in [5, 5.41) is 18.9. The molecule has 1 aromatic rings. The lowest BCUT2D eigenvalue weighted by Gasteiger charge is -2.42. The molecular weight excluding hydrogens is 296 g/mol. The van der Waals surface area contributed by atoms with Crippen molar-refractivity contribution in [1.29, 1.82) is 0 Å². The Morgan fingerprint density at radius 1 is 1.52 bits per heavy atom. The minimum atomic E-state index is -1.21. The number of anilines is 1. The number of nitrogens with zero attached hydrogens (tertiary/aromatic N) is 2. The van der Waals surface area contributed by atoms with Crippen molar-refractivity contribution in [2.45, 2.75) is 32.5 Å². The lowest BCUT2D eigenvalue weighted by Crippen LogP contribution is -2.54. The molecule has 116 valence electrons. The number of carboxylic acid groups (broad SMARTS) is 1. The number of hydrogen-bond donors (Lipinski definition) is 2. The van der Waals surface area contributed by atoms with Crippen LogP contribution >= 0.6 is 11.3 Å². The maximum atomic E-state index is 11.5. The lowest BCUT2D eigenvalue weighted by molar-refractivity contribution is -0.101. The minimum absolute atomic E-state index is 0.128. The van der Waals surface area contributed by atoms with Crippen LogP contribution in [0, 0.1) is 0 Å². The van der Waals surface area contributed by atoms with E-state index in [4.69, 9.17) is 9.84 Å². The Hall–Kier alpha value is -1.51. The average molecular weight is 314 g/mol. The normalized spacial score (nSPS) is 21.3. The molecule has 0 bridgehead atoms. The van der Waals surface area contributed by atoms with Gasteiger partial charge in [-0.1, -0.05) is 11.3 Å². The van der Waals surface area contributed by atoms with Gasteiger partial charge in [-0.25, -0.2) is 9.78 Å². The predicted molar refractivity (Wildman–Crippen MR) is 77.3 cm³/mol. The molecule has 0 radical (unpaired) electrons. The van der Waals surface area contributed by atoms with Crippen LogP contribution in [0.25, 0.3) is 0 Å². The topological polar surface area (TPSA) is 100.0 Å². The van der Waals surface area contributed by atoms with Crippen molar-refractivity contribution >= 4 is 28.2 Å². The summed E-state index contributed by atoms with van der Waals surface area (Å²) in [7, 11) is 0. The van der Waals surface area contributed by atoms with Gasteiger partial charge in [-0.2, -0.15) is 0 Å². The smallest absolute Gasteiger partial charge is 0.356 e. The van der Waals surface area contributed by atoms with Crippen LogP contribution in [-0.2, 0) is 4.74 Å². The number of aliphatic hydroxyl groups is 1. The second kappa shape index (κ2) is 5.70. The van der Waals surface area contributed by atoms with Crippen molar-refractivity contribution in [3.63, 3.8) is 0 Å². The zero-order valence-electron chi connectivity index (χ0n) is 12.1. The standard InChI is InChI=1S/C13H18N2O5S/c1-7(17)10-9(11(18)19)14-12(21-10)15-4-8(5-16)20-13(2,3)6-15/h8,16H,4-6H2,1-3H3,(H,18,19). The summed E-state index contributed by atoms with van der Waals surface area (Å²) < 4.78 is 5.71. The van der Waals surface area contributed by atoms with E-state index in [1.807, 2.05) is 18.7 Å². The number of carbonyl (C=O) groups excluding carboxylic acids is 1. The number of ether oxygens (including phenoxy) is 1. The molecule has 1 aromatic heterocycles. The first-order valence-electron chi connectivity index (χ1n) is 6.52. The predicted octanol–water partition coefficient (Wildman–Crippen LogP) is 1.02. The first kappa shape index (κ1) is 15.9. The fraction of sp³-hybridized carbons (Fsp3) is 0.615. The van der Waals surface area contributed by atoms with E-state index in [0.717, 1.165) is 11.3 Å². The number of hydrogen-bond acceptors (Lipinski definition) is 7. The van der Waals surface area contributed by atoms with E-state index in [-0.39, 0.29) is 29.1 Å². The zero-order valence-corrected chi connectivity index (χ0v) is 12.9. The van der Waals surface area contributed by atoms with Gasteiger partial charge in [-0.3, -0.25) is 4.79 Å². The summed E-state index contributed by atoms with van der Waals surface area (Å²) in [5.41, 5.74) is -0.704. The molecule has 1 atom stereocenters. The molecule has 1 fully saturated rings. The summed E-state index contributed by atoms with van der Waals surface area (Å²) >= 11 is 1.06. The Morgan fingerprint density at radius 2 is 2.19 bits per heavy atom. The Balaban J connectivity index is 2.35. The molecule has 1 aliphatic heterocycles. The van der Waals surface area contributed by atoms with Gasteiger partial charge < -0.3 is 19.8 Å². The molecule has 1 aliphatic rings. The minimum Gasteiger partial charge on any atom is -0.476 e. The lowest BCUT2D eigenvalue weighted by atomic mass is 10.1. The third kappa shape index (κ3) is 3.39. The zero-order chi connectivity index (χ0) is 15.8. The Morgan fingerprint density at radius 3 is 2.67 bits per heavy atom. The quantitative estimate of drug-likeness (QED) is 0.800. The highest BCUT2D eigenvalue weighted by Crippen LogP contribution is 2.31. The van der Waals surface area contributed by atoms with Crippen LogP contribution in [0.3, 0.4) is 0 Å². The summed E-state index contributed by atoms with van der Waals surface area (Å²) in [6, 6.07) is 0. The SMILES string of the molecule is CC(=O)c1sc(N2CC(CO)OC(C)(C)C2)nc1C(=O)O. The number of aromatic nitrogens is 1. The maximum absolute atomic E-state index is 11.5. The van der Waals surface area contributed by atoms with Gasteiger partial charge in [0.1, 0.15) is 4.88 Å². The van der Waals surface area contributed by atoms with Crippen LogP contribution < -0.4 is 4.90 Å². The van der Waals surface area contributed by atoms with Crippen LogP contribution in [0.15, 0.2) is 0 Å². The van der Waals surface area contributed by atoms with Crippen molar-refractivity contribution in [3.05, 3.63) is 10.6 Å². The number of Topliss-reactive ketones (excluding diaryl/α,β-unsaturated/α-hetero) is 1. The molecule has 2 rings (SSSR count). The first-order chi connectivity index (χ1) is 9.73. The third-order valence-electron chi connectivity index (χ3n) is 3.09. The number of carbonyl (C=O) groups is 2. The summed E-state index contributed by atoms with van der Waals surface area (Å²) in [6.07, 6.45) is -0.369. The molecule has 8 heteroatoms. The van der Waals surface area contributed by atoms with Crippen molar-refractivity contribution in [3.8, 4) is 0 Å². The number of rotatable bonds is 4. The van der Waals surface area contributed by atoms with E-state index in [9.17, 15) is 14.7 Å². The molecule has 0 spiro atoms. The Kier molecular flexibility index (Phi) is 4.31. The summed E-state index contributed by atoms with van der Waals surface area (Å²) in [5.74, 6) is -1.53. The second-order valence-electron chi connectivity index (χ2n) is 5.60. The number of aromatic carboxylic acids is 1. The number of aliphatic hydroxyl groups excluding tert-OH is 1. The fourth-order valence-electron chi connectivity index (χ4n) is 2.36. The van der Waals surface area contributed by atoms with Crippen LogP contribution in [-0.4, -0.2) is 58.4 Å². The van der Waals surface area contributed by atoms with Crippen LogP contribution in [0.5, 0.6) is 0 Å². The largest absolute Gasteiger partial charge is 0.476 e. The van der Waals surface area contributed by atoms with Gasteiger partial charge in [0, 0.05) is 20.0 Å². The third-order valence-corrected chi connectivity index (χ3v) is 4.31. The maximum Gasteiger partial charge on any atom is 0.356 e. The van der Waals surface area contributed by atoms with E-state index < -0.39 is 11.6 Å². The molecule has 0 saturated carbocycles. The van der Waals surface area contributed by atoms with Crippen molar-refractivity contribution < 1.29 is 24.5 Å². The van der Waals surface area contributed by atoms with Gasteiger partial charge in [0.05, 0.1) is 18.3 Å². The highest BCUT2D eigenvalue weighted by molar-refractivity contribution is 7.17. The van der Waals surface area contributed by atoms with Crippen LogP contribution in [0.2, 0.25) is 0 Å². The molecule has 1 unspecified atom stereocenters. The number of morpholine rings is 1. The number of carboxylic acids is 1. The van der Waals surface area contributed by atoms with Gasteiger partial charge in [-0.05, 0) is 13.8 Å². The number of ketones is 1. The van der Waals surface area contributed by atoms with Gasteiger partial charge in [-0.15, -0.1) is 0 Å². The van der Waals surface area contributed by atoms with Gasteiger partial charge in [0.2, 0.25) is 0 Å². The molecule has 1 saturated heterocycles. The average Bonchev–Trinajstić information content (AvgIpc) is 2.82. The van der Waals surface area contributed by atoms with E-state index >= 15 is 0 Å². The first-order valence-corrected chi connectivity index (χ1v) is 7.34. The van der Waals surface area contributed by atoms with Crippen LogP contribution in [0.4, 0.5) is 5.13 Å². The van der Waals surface area contributed by atoms with E-state index in [0.29, 0.717) is 18.2 Å². The molecule has 21 heavy (non-hydrogen) atoms. The highest BCUT2D eigenvalue weighted by Gasteiger charge is 2.35. The summed E-state index contributed by atoms with van der Waals surface area (Å²) in [4.78, 5) is 28.8. The van der Waals surface area contributed by atoms with E-state index in [2.05, 4.69) is 4.98 Å². The number of thiazole rings is 1. The second-order valence-corrected chi connectivity index (χ2v) is 6.58. The molecule has 7 nitrogen and oxygen atoms in total.